The summed E-state index contributed by atoms with van der Waals surface area (Å²) in [5, 5.41) is 1.17. The van der Waals surface area contributed by atoms with E-state index in [1.54, 1.807) is 11.3 Å². The minimum atomic E-state index is 0. The van der Waals surface area contributed by atoms with Gasteiger partial charge in [0.25, 0.3) is 0 Å². The van der Waals surface area contributed by atoms with E-state index >= 15 is 0 Å². The van der Waals surface area contributed by atoms with Gasteiger partial charge in [-0.15, -0.1) is 11.3 Å². The number of aryl methyl sites for hydroxylation is 3. The summed E-state index contributed by atoms with van der Waals surface area (Å²) in [5.74, 6) is 0. The van der Waals surface area contributed by atoms with E-state index in [9.17, 15) is 0 Å². The van der Waals surface area contributed by atoms with Crippen molar-refractivity contribution in [3.8, 4) is 0 Å². The van der Waals surface area contributed by atoms with Crippen LogP contribution in [0, 0.1) is 20.8 Å². The monoisotopic (exact) mass is 378 g/mol. The molecule has 0 atom stereocenters. The van der Waals surface area contributed by atoms with Crippen LogP contribution in [0.4, 0.5) is 0 Å². The molecule has 1 radical (unpaired) electrons. The summed E-state index contributed by atoms with van der Waals surface area (Å²) in [6, 6.07) is 0. The zero-order chi connectivity index (χ0) is 6.15. The van der Waals surface area contributed by atoms with Gasteiger partial charge in [0.1, 0.15) is 0 Å². The van der Waals surface area contributed by atoms with Gasteiger partial charge >= 0.3 is 0 Å². The van der Waals surface area contributed by atoms with Gasteiger partial charge in [-0.1, -0.05) is 7.43 Å². The van der Waals surface area contributed by atoms with Gasteiger partial charge in [0.2, 0.25) is 0 Å². The number of rotatable bonds is 0. The van der Waals surface area contributed by atoms with Crippen LogP contribution >= 0.6 is 11.3 Å². The standard InChI is InChI=1S/C6H9NS.CH4.V.W/c1-4-5(2)8-6(3)7-4;;;/h1-3H3;1H4;;. The second-order valence-corrected chi connectivity index (χ2v) is 3.28. The van der Waals surface area contributed by atoms with E-state index in [1.165, 1.54) is 15.6 Å². The first-order chi connectivity index (χ1) is 3.70. The van der Waals surface area contributed by atoms with Gasteiger partial charge in [-0.2, -0.15) is 0 Å². The van der Waals surface area contributed by atoms with Crippen molar-refractivity contribution in [2.24, 2.45) is 0 Å². The third kappa shape index (κ3) is 5.19. The zero-order valence-corrected chi connectivity index (χ0v) is 11.4. The summed E-state index contributed by atoms with van der Waals surface area (Å²) in [4.78, 5) is 5.56. The van der Waals surface area contributed by atoms with Crippen LogP contribution in [0.5, 0.6) is 0 Å². The van der Waals surface area contributed by atoms with Crippen LogP contribution in [0.15, 0.2) is 0 Å². The molecule has 0 saturated heterocycles. The SMILES string of the molecule is C.Cc1nc(C)c(C)s1.[V].[W]. The predicted octanol–water partition coefficient (Wildman–Crippen LogP) is 2.70. The second kappa shape index (κ2) is 7.55. The molecule has 0 fully saturated rings. The van der Waals surface area contributed by atoms with Crippen molar-refractivity contribution in [2.45, 2.75) is 28.2 Å². The first-order valence-electron chi connectivity index (χ1n) is 2.61. The van der Waals surface area contributed by atoms with Gasteiger partial charge in [-0.25, -0.2) is 4.98 Å². The minimum Gasteiger partial charge on any atom is -0.247 e. The van der Waals surface area contributed by atoms with Gasteiger partial charge in [-0.3, -0.25) is 0 Å². The van der Waals surface area contributed by atoms with E-state index in [4.69, 9.17) is 0 Å². The molecule has 0 bridgehead atoms. The fraction of sp³-hybridized carbons (Fsp3) is 0.571. The smallest absolute Gasteiger partial charge is 0.0899 e. The zero-order valence-electron chi connectivity index (χ0n) is 6.21. The van der Waals surface area contributed by atoms with E-state index in [0.717, 1.165) is 0 Å². The first kappa shape index (κ1) is 17.9. The average molecular weight is 378 g/mol. The first-order valence-corrected chi connectivity index (χ1v) is 3.42. The molecule has 0 aliphatic heterocycles. The van der Waals surface area contributed by atoms with E-state index in [1.807, 2.05) is 13.8 Å². The number of aromatic nitrogens is 1. The van der Waals surface area contributed by atoms with E-state index in [-0.39, 0.29) is 47.0 Å². The van der Waals surface area contributed by atoms with Crippen LogP contribution in [0.1, 0.15) is 23.0 Å². The van der Waals surface area contributed by atoms with Crippen LogP contribution in [-0.4, -0.2) is 4.98 Å². The Labute approximate surface area is 99.2 Å². The Morgan fingerprint density at radius 2 is 1.64 bits per heavy atom. The fourth-order valence-electron chi connectivity index (χ4n) is 0.633. The molecule has 0 amide bonds. The Balaban J connectivity index is -0.000000213. The van der Waals surface area contributed by atoms with E-state index in [2.05, 4.69) is 11.9 Å². The van der Waals surface area contributed by atoms with Gasteiger partial charge in [0.15, 0.2) is 0 Å². The summed E-state index contributed by atoms with van der Waals surface area (Å²) in [6.45, 7) is 6.17. The molecule has 1 aromatic heterocycles. The molecule has 11 heavy (non-hydrogen) atoms. The Morgan fingerprint density at radius 3 is 1.73 bits per heavy atom. The number of hydrogen-bond acceptors (Lipinski definition) is 2. The molecule has 0 saturated carbocycles. The van der Waals surface area contributed by atoms with Crippen molar-refractivity contribution >= 4 is 11.3 Å². The fourth-order valence-corrected chi connectivity index (χ4v) is 1.45. The van der Waals surface area contributed by atoms with Crippen LogP contribution in [-0.2, 0) is 39.6 Å². The topological polar surface area (TPSA) is 12.9 Å². The number of thiazole rings is 1. The Morgan fingerprint density at radius 1 is 1.18 bits per heavy atom. The minimum absolute atomic E-state index is 0. The van der Waals surface area contributed by atoms with Crippen molar-refractivity contribution in [1.82, 2.24) is 4.98 Å². The molecular weight excluding hydrogens is 365 g/mol. The molecule has 0 aliphatic rings. The third-order valence-corrected chi connectivity index (χ3v) is 2.12. The molecule has 0 unspecified atom stereocenters. The van der Waals surface area contributed by atoms with Crippen molar-refractivity contribution in [3.63, 3.8) is 0 Å². The molecule has 1 aromatic rings. The van der Waals surface area contributed by atoms with Gasteiger partial charge in [0.05, 0.1) is 10.7 Å². The second-order valence-electron chi connectivity index (χ2n) is 1.87. The van der Waals surface area contributed by atoms with Gasteiger partial charge in [0, 0.05) is 44.5 Å². The van der Waals surface area contributed by atoms with E-state index in [0.29, 0.717) is 0 Å². The summed E-state index contributed by atoms with van der Waals surface area (Å²) in [6.07, 6.45) is 0. The maximum absolute atomic E-state index is 4.23. The maximum Gasteiger partial charge on any atom is 0.0899 e. The van der Waals surface area contributed by atoms with Gasteiger partial charge in [-0.05, 0) is 20.8 Å². The number of hydrogen-bond donors (Lipinski definition) is 0. The van der Waals surface area contributed by atoms with Crippen molar-refractivity contribution in [3.05, 3.63) is 15.6 Å². The largest absolute Gasteiger partial charge is 0.247 e. The van der Waals surface area contributed by atoms with Crippen molar-refractivity contribution < 1.29 is 39.6 Å². The Bertz CT molecular complexity index is 181. The number of nitrogens with zero attached hydrogens (tertiary/aromatic N) is 1. The molecule has 63 valence electrons. The van der Waals surface area contributed by atoms with E-state index < -0.39 is 0 Å². The quantitative estimate of drug-likeness (QED) is 0.677. The predicted molar refractivity (Wildman–Crippen MR) is 43.1 cm³/mol. The Kier molecular flexibility index (Phi) is 12.2. The normalized spacial score (nSPS) is 7.18. The average Bonchev–Trinajstić information content (AvgIpc) is 1.85. The van der Waals surface area contributed by atoms with Crippen LogP contribution < -0.4 is 0 Å². The molecule has 0 N–H and O–H groups in total. The summed E-state index contributed by atoms with van der Waals surface area (Å²) in [5.41, 5.74) is 1.17. The van der Waals surface area contributed by atoms with Crippen LogP contribution in [0.3, 0.4) is 0 Å². The van der Waals surface area contributed by atoms with Crippen molar-refractivity contribution in [2.75, 3.05) is 0 Å². The molecule has 0 spiro atoms. The summed E-state index contributed by atoms with van der Waals surface area (Å²) >= 11 is 1.76. The van der Waals surface area contributed by atoms with Crippen molar-refractivity contribution in [1.29, 1.82) is 0 Å². The van der Waals surface area contributed by atoms with Crippen LogP contribution in [0.2, 0.25) is 0 Å². The molecule has 1 heterocycles. The summed E-state index contributed by atoms with van der Waals surface area (Å²) in [7, 11) is 0. The van der Waals surface area contributed by atoms with Gasteiger partial charge < -0.3 is 0 Å². The molecule has 0 aliphatic carbocycles. The Hall–Kier alpha value is 0.903. The molecule has 1 rings (SSSR count). The van der Waals surface area contributed by atoms with Crippen LogP contribution in [0.25, 0.3) is 0 Å². The maximum atomic E-state index is 4.23. The molecular formula is C7H13NSVW. The molecule has 1 nitrogen and oxygen atoms in total. The molecule has 0 aromatic carbocycles. The summed E-state index contributed by atoms with van der Waals surface area (Å²) < 4.78 is 0. The third-order valence-electron chi connectivity index (χ3n) is 1.14. The molecule has 4 heteroatoms.